The van der Waals surface area contributed by atoms with E-state index in [2.05, 4.69) is 10.4 Å². The average Bonchev–Trinajstić information content (AvgIpc) is 2.79. The summed E-state index contributed by atoms with van der Waals surface area (Å²) in [7, 11) is 1.46. The van der Waals surface area contributed by atoms with Crippen LogP contribution in [-0.2, 0) is 4.79 Å². The summed E-state index contributed by atoms with van der Waals surface area (Å²) in [5.74, 6) is -1.50. The fraction of sp³-hybridized carbons (Fsp3) is 0.0833. The number of hydrogen-bond acceptors (Lipinski definition) is 4. The van der Waals surface area contributed by atoms with E-state index in [4.69, 9.17) is 0 Å². The van der Waals surface area contributed by atoms with Gasteiger partial charge in [0.15, 0.2) is 5.69 Å². The molecule has 7 nitrogen and oxygen atoms in total. The van der Waals surface area contributed by atoms with Crippen LogP contribution < -0.4 is 10.9 Å². The zero-order chi connectivity index (χ0) is 22.7. The molecule has 1 heterocycles. The lowest BCUT2D eigenvalue weighted by molar-refractivity contribution is -0.116. The molecule has 0 saturated carbocycles. The Kier molecular flexibility index (Phi) is 5.76. The Morgan fingerprint density at radius 1 is 0.969 bits per heavy atom. The van der Waals surface area contributed by atoms with E-state index in [1.165, 1.54) is 34.8 Å². The second-order valence-corrected chi connectivity index (χ2v) is 7.17. The third-order valence-electron chi connectivity index (χ3n) is 4.84. The molecule has 0 aliphatic heterocycles. The van der Waals surface area contributed by atoms with E-state index in [1.54, 1.807) is 54.6 Å². The number of rotatable bonds is 5. The van der Waals surface area contributed by atoms with Crippen molar-refractivity contribution in [2.24, 2.45) is 0 Å². The van der Waals surface area contributed by atoms with Crippen molar-refractivity contribution < 1.29 is 14.0 Å². The number of fused-ring (bicyclic) bond motifs is 1. The van der Waals surface area contributed by atoms with Crippen molar-refractivity contribution in [3.8, 4) is 5.69 Å². The number of nitrogens with one attached hydrogen (secondary N) is 1. The van der Waals surface area contributed by atoms with Gasteiger partial charge >= 0.3 is 0 Å². The Hall–Kier alpha value is -4.33. The second-order valence-electron chi connectivity index (χ2n) is 7.17. The van der Waals surface area contributed by atoms with Gasteiger partial charge in [0, 0.05) is 18.1 Å². The fourth-order valence-corrected chi connectivity index (χ4v) is 3.33. The summed E-state index contributed by atoms with van der Waals surface area (Å²) in [5, 5.41) is 7.62. The van der Waals surface area contributed by atoms with Crippen LogP contribution in [0, 0.1) is 5.82 Å². The van der Waals surface area contributed by atoms with Gasteiger partial charge in [-0.3, -0.25) is 14.4 Å². The zero-order valence-corrected chi connectivity index (χ0v) is 17.2. The predicted molar refractivity (Wildman–Crippen MR) is 119 cm³/mol. The maximum atomic E-state index is 13.3. The highest BCUT2D eigenvalue weighted by Gasteiger charge is 2.22. The highest BCUT2D eigenvalue weighted by atomic mass is 19.1. The normalized spacial score (nSPS) is 10.7. The van der Waals surface area contributed by atoms with Crippen molar-refractivity contribution in [3.05, 3.63) is 101 Å². The molecule has 0 fully saturated rings. The van der Waals surface area contributed by atoms with Gasteiger partial charge in [-0.05, 0) is 36.4 Å². The molecule has 0 saturated heterocycles. The molecule has 1 N–H and O–H groups in total. The van der Waals surface area contributed by atoms with Gasteiger partial charge in [-0.1, -0.05) is 42.5 Å². The van der Waals surface area contributed by atoms with Gasteiger partial charge in [0.05, 0.1) is 17.6 Å². The largest absolute Gasteiger partial charge is 0.331 e. The van der Waals surface area contributed by atoms with Crippen LogP contribution in [0.3, 0.4) is 0 Å². The maximum Gasteiger partial charge on any atom is 0.279 e. The summed E-state index contributed by atoms with van der Waals surface area (Å²) in [6.45, 7) is -0.282. The van der Waals surface area contributed by atoms with Crippen molar-refractivity contribution >= 4 is 28.3 Å². The molecule has 0 radical (unpaired) electrons. The van der Waals surface area contributed by atoms with Gasteiger partial charge in [-0.15, -0.1) is 0 Å². The Morgan fingerprint density at radius 2 is 1.66 bits per heavy atom. The molecule has 0 spiro atoms. The van der Waals surface area contributed by atoms with Gasteiger partial charge in [0.2, 0.25) is 5.91 Å². The van der Waals surface area contributed by atoms with Crippen LogP contribution in [0.1, 0.15) is 10.5 Å². The summed E-state index contributed by atoms with van der Waals surface area (Å²) in [5.41, 5.74) is 0.501. The minimum absolute atomic E-state index is 0.0464. The molecule has 0 bridgehead atoms. The highest BCUT2D eigenvalue weighted by molar-refractivity contribution is 6.06. The van der Waals surface area contributed by atoms with E-state index in [9.17, 15) is 18.8 Å². The minimum Gasteiger partial charge on any atom is -0.331 e. The number of hydrogen-bond donors (Lipinski definition) is 1. The lowest BCUT2D eigenvalue weighted by atomic mass is 10.1. The number of amides is 2. The molecular weight excluding hydrogens is 411 g/mol. The first-order valence-electron chi connectivity index (χ1n) is 9.82. The van der Waals surface area contributed by atoms with Crippen molar-refractivity contribution in [3.63, 3.8) is 0 Å². The van der Waals surface area contributed by atoms with Gasteiger partial charge in [0.1, 0.15) is 5.82 Å². The molecule has 4 rings (SSSR count). The Labute approximate surface area is 182 Å². The van der Waals surface area contributed by atoms with Crippen LogP contribution in [0.4, 0.5) is 10.1 Å². The first-order valence-corrected chi connectivity index (χ1v) is 9.82. The van der Waals surface area contributed by atoms with Gasteiger partial charge in [-0.2, -0.15) is 9.78 Å². The van der Waals surface area contributed by atoms with E-state index in [0.717, 1.165) is 0 Å². The van der Waals surface area contributed by atoms with E-state index >= 15 is 0 Å². The second kappa shape index (κ2) is 8.81. The summed E-state index contributed by atoms with van der Waals surface area (Å²) in [4.78, 5) is 39.7. The van der Waals surface area contributed by atoms with Crippen LogP contribution in [0.2, 0.25) is 0 Å². The molecular formula is C24H19FN4O3. The molecule has 160 valence electrons. The summed E-state index contributed by atoms with van der Waals surface area (Å²) in [6.07, 6.45) is 0. The molecule has 0 aliphatic rings. The molecule has 8 heteroatoms. The van der Waals surface area contributed by atoms with Crippen LogP contribution in [0.15, 0.2) is 83.7 Å². The Morgan fingerprint density at radius 3 is 2.38 bits per heavy atom. The van der Waals surface area contributed by atoms with Gasteiger partial charge in [0.25, 0.3) is 11.5 Å². The first-order chi connectivity index (χ1) is 15.4. The molecule has 32 heavy (non-hydrogen) atoms. The van der Waals surface area contributed by atoms with Gasteiger partial charge in [-0.25, -0.2) is 4.39 Å². The number of para-hydroxylation sites is 1. The smallest absolute Gasteiger partial charge is 0.279 e. The number of benzene rings is 3. The number of nitrogens with zero attached hydrogens (tertiary/aromatic N) is 3. The van der Waals surface area contributed by atoms with Crippen LogP contribution in [0.5, 0.6) is 0 Å². The number of carbonyl (C=O) groups is 2. The van der Waals surface area contributed by atoms with Crippen LogP contribution in [0.25, 0.3) is 16.5 Å². The lowest BCUT2D eigenvalue weighted by Gasteiger charge is -2.18. The van der Waals surface area contributed by atoms with E-state index < -0.39 is 17.6 Å². The third-order valence-corrected chi connectivity index (χ3v) is 4.84. The van der Waals surface area contributed by atoms with E-state index in [1.807, 2.05) is 6.07 Å². The molecule has 4 aromatic rings. The van der Waals surface area contributed by atoms with E-state index in [-0.39, 0.29) is 23.5 Å². The third kappa shape index (κ3) is 4.24. The average molecular weight is 430 g/mol. The van der Waals surface area contributed by atoms with Crippen molar-refractivity contribution in [2.75, 3.05) is 18.9 Å². The van der Waals surface area contributed by atoms with Gasteiger partial charge < -0.3 is 10.2 Å². The summed E-state index contributed by atoms with van der Waals surface area (Å²) < 4.78 is 14.5. The van der Waals surface area contributed by atoms with Crippen molar-refractivity contribution in [2.45, 2.75) is 0 Å². The number of aromatic nitrogens is 2. The van der Waals surface area contributed by atoms with Crippen molar-refractivity contribution in [1.29, 1.82) is 0 Å². The lowest BCUT2D eigenvalue weighted by Crippen LogP contribution is -2.36. The Balaban J connectivity index is 1.66. The van der Waals surface area contributed by atoms with Crippen molar-refractivity contribution in [1.82, 2.24) is 14.7 Å². The standard InChI is InChI=1S/C24H19FN4O3/c1-28(15-21(30)26-17-9-7-8-16(25)14-17)24(32)22-19-12-5-6-13-20(19)23(31)29(27-22)18-10-3-2-4-11-18/h2-14H,15H2,1H3,(H,26,30). The van der Waals surface area contributed by atoms with Crippen LogP contribution >= 0.6 is 0 Å². The number of likely N-dealkylation sites (N-methyl/N-ethyl adjacent to an activating group) is 1. The highest BCUT2D eigenvalue weighted by Crippen LogP contribution is 2.17. The molecule has 0 aliphatic carbocycles. The Bertz CT molecular complexity index is 1370. The number of anilines is 1. The van der Waals surface area contributed by atoms with E-state index in [0.29, 0.717) is 16.5 Å². The quantitative estimate of drug-likeness (QED) is 0.527. The zero-order valence-electron chi connectivity index (χ0n) is 17.2. The SMILES string of the molecule is CN(CC(=O)Nc1cccc(F)c1)C(=O)c1nn(-c2ccccc2)c(=O)c2ccccc12. The molecule has 0 atom stereocenters. The predicted octanol–water partition coefficient (Wildman–Crippen LogP) is 3.24. The minimum atomic E-state index is -0.528. The monoisotopic (exact) mass is 430 g/mol. The first kappa shape index (κ1) is 20.9. The fourth-order valence-electron chi connectivity index (χ4n) is 3.33. The molecule has 1 aromatic heterocycles. The summed E-state index contributed by atoms with van der Waals surface area (Å²) >= 11 is 0. The van der Waals surface area contributed by atoms with Crippen LogP contribution in [-0.4, -0.2) is 40.1 Å². The molecule has 2 amide bonds. The maximum absolute atomic E-state index is 13.3. The number of halogens is 1. The number of carbonyl (C=O) groups excluding carboxylic acids is 2. The molecule has 3 aromatic carbocycles. The molecule has 0 unspecified atom stereocenters. The topological polar surface area (TPSA) is 84.3 Å². The summed E-state index contributed by atoms with van der Waals surface area (Å²) in [6, 6.07) is 21.0.